The van der Waals surface area contributed by atoms with Crippen molar-refractivity contribution in [2.24, 2.45) is 23.7 Å². The van der Waals surface area contributed by atoms with E-state index >= 15 is 0 Å². The zero-order valence-electron chi connectivity index (χ0n) is 19.7. The van der Waals surface area contributed by atoms with E-state index in [9.17, 15) is 0 Å². The maximum atomic E-state index is 3.86. The molecule has 2 aromatic carbocycles. The molecule has 2 saturated carbocycles. The quantitative estimate of drug-likeness (QED) is 0.405. The molecule has 0 spiro atoms. The third kappa shape index (κ3) is 6.58. The summed E-state index contributed by atoms with van der Waals surface area (Å²) >= 11 is 0. The molecule has 0 heterocycles. The molecule has 0 aromatic heterocycles. The van der Waals surface area contributed by atoms with E-state index in [0.717, 1.165) is 23.7 Å². The average molecular weight is 415 g/mol. The van der Waals surface area contributed by atoms with Gasteiger partial charge in [-0.3, -0.25) is 0 Å². The van der Waals surface area contributed by atoms with E-state index in [2.05, 4.69) is 62.0 Å². The van der Waals surface area contributed by atoms with E-state index in [1.807, 2.05) is 6.08 Å². The molecule has 0 bridgehead atoms. The third-order valence-electron chi connectivity index (χ3n) is 8.32. The van der Waals surface area contributed by atoms with Gasteiger partial charge in [0, 0.05) is 0 Å². The van der Waals surface area contributed by atoms with Gasteiger partial charge in [0.05, 0.1) is 0 Å². The molecule has 0 saturated heterocycles. The van der Waals surface area contributed by atoms with Crippen LogP contribution in [0.3, 0.4) is 0 Å². The lowest BCUT2D eigenvalue weighted by Gasteiger charge is -2.29. The van der Waals surface area contributed by atoms with Crippen LogP contribution in [0.15, 0.2) is 55.1 Å². The molecule has 2 fully saturated rings. The lowest BCUT2D eigenvalue weighted by Crippen LogP contribution is -2.18. The first-order chi connectivity index (χ1) is 15.2. The van der Waals surface area contributed by atoms with Gasteiger partial charge in [-0.1, -0.05) is 87.4 Å². The fourth-order valence-corrected chi connectivity index (χ4v) is 6.08. The highest BCUT2D eigenvalue weighted by atomic mass is 14.3. The van der Waals surface area contributed by atoms with Gasteiger partial charge in [0.25, 0.3) is 0 Å². The molecule has 0 atom stereocenters. The standard InChI is InChI=1S/C31H42/c1-3-24-5-9-26(10-6-24)21-28-13-17-30(18-14-28)23-31-19-15-29(16-20-31)22-27-11-7-25(4-2)8-12-27/h3,5-6,9-10,15-16,19-20,25,27-28,30H,1,4,7-8,11-14,17-18,21-23H2,2H3. The summed E-state index contributed by atoms with van der Waals surface area (Å²) in [5.74, 6) is 3.69. The molecule has 0 radical (unpaired) electrons. The van der Waals surface area contributed by atoms with Crippen molar-refractivity contribution in [1.82, 2.24) is 0 Å². The van der Waals surface area contributed by atoms with Crippen molar-refractivity contribution < 1.29 is 0 Å². The normalized spacial score (nSPS) is 26.5. The summed E-state index contributed by atoms with van der Waals surface area (Å²) in [5.41, 5.74) is 5.84. The van der Waals surface area contributed by atoms with Gasteiger partial charge in [-0.15, -0.1) is 0 Å². The molecular weight excluding hydrogens is 372 g/mol. The Morgan fingerprint density at radius 3 is 1.23 bits per heavy atom. The predicted molar refractivity (Wildman–Crippen MR) is 135 cm³/mol. The minimum absolute atomic E-state index is 0.871. The highest BCUT2D eigenvalue weighted by Gasteiger charge is 2.22. The highest BCUT2D eigenvalue weighted by Crippen LogP contribution is 2.34. The zero-order chi connectivity index (χ0) is 21.5. The van der Waals surface area contributed by atoms with E-state index in [0.29, 0.717) is 0 Å². The molecule has 2 aliphatic carbocycles. The van der Waals surface area contributed by atoms with E-state index < -0.39 is 0 Å². The van der Waals surface area contributed by atoms with Crippen molar-refractivity contribution in [3.05, 3.63) is 77.4 Å². The Morgan fingerprint density at radius 2 is 0.903 bits per heavy atom. The number of hydrogen-bond acceptors (Lipinski definition) is 0. The first-order valence-corrected chi connectivity index (χ1v) is 13.0. The molecule has 0 N–H and O–H groups in total. The Morgan fingerprint density at radius 1 is 0.581 bits per heavy atom. The van der Waals surface area contributed by atoms with E-state index in [4.69, 9.17) is 0 Å². The van der Waals surface area contributed by atoms with E-state index in [-0.39, 0.29) is 0 Å². The average Bonchev–Trinajstić information content (AvgIpc) is 2.82. The van der Waals surface area contributed by atoms with Crippen LogP contribution in [0, 0.1) is 23.7 Å². The number of benzene rings is 2. The van der Waals surface area contributed by atoms with Crippen LogP contribution in [0.2, 0.25) is 0 Å². The molecule has 0 unspecified atom stereocenters. The minimum atomic E-state index is 0.871. The van der Waals surface area contributed by atoms with Crippen molar-refractivity contribution in [1.29, 1.82) is 0 Å². The van der Waals surface area contributed by atoms with Crippen LogP contribution in [0.4, 0.5) is 0 Å². The van der Waals surface area contributed by atoms with Crippen molar-refractivity contribution in [2.45, 2.75) is 84.0 Å². The summed E-state index contributed by atoms with van der Waals surface area (Å²) in [6.07, 6.45) is 18.5. The fourth-order valence-electron chi connectivity index (χ4n) is 6.08. The molecule has 0 amide bonds. The van der Waals surface area contributed by atoms with Crippen LogP contribution in [0.25, 0.3) is 6.08 Å². The van der Waals surface area contributed by atoms with Crippen LogP contribution in [0.5, 0.6) is 0 Å². The van der Waals surface area contributed by atoms with E-state index in [1.165, 1.54) is 88.2 Å². The molecule has 166 valence electrons. The van der Waals surface area contributed by atoms with Crippen molar-refractivity contribution in [3.63, 3.8) is 0 Å². The van der Waals surface area contributed by atoms with Gasteiger partial charge in [-0.2, -0.15) is 0 Å². The van der Waals surface area contributed by atoms with E-state index in [1.54, 1.807) is 11.1 Å². The lowest BCUT2D eigenvalue weighted by atomic mass is 9.77. The Labute approximate surface area is 191 Å². The zero-order valence-corrected chi connectivity index (χ0v) is 19.7. The second-order valence-electron chi connectivity index (χ2n) is 10.6. The smallest absolute Gasteiger partial charge is 0.0250 e. The van der Waals surface area contributed by atoms with Gasteiger partial charge in [0.1, 0.15) is 0 Å². The monoisotopic (exact) mass is 414 g/mol. The molecule has 2 aromatic rings. The molecule has 4 rings (SSSR count). The van der Waals surface area contributed by atoms with Crippen molar-refractivity contribution in [2.75, 3.05) is 0 Å². The summed E-state index contributed by atoms with van der Waals surface area (Å²) in [5, 5.41) is 0. The fraction of sp³-hybridized carbons (Fsp3) is 0.548. The Kier molecular flexibility index (Phi) is 8.06. The summed E-state index contributed by atoms with van der Waals surface area (Å²) in [6.45, 7) is 6.21. The molecule has 0 aliphatic heterocycles. The summed E-state index contributed by atoms with van der Waals surface area (Å²) in [7, 11) is 0. The number of hydrogen-bond donors (Lipinski definition) is 0. The SMILES string of the molecule is C=Cc1ccc(CC2CCC(Cc3ccc(CC4CCC(CC)CC4)cc3)CC2)cc1. The van der Waals surface area contributed by atoms with Crippen LogP contribution in [-0.2, 0) is 19.3 Å². The molecule has 0 heteroatoms. The molecule has 31 heavy (non-hydrogen) atoms. The first-order valence-electron chi connectivity index (χ1n) is 13.0. The second kappa shape index (κ2) is 11.2. The van der Waals surface area contributed by atoms with Crippen LogP contribution in [-0.4, -0.2) is 0 Å². The predicted octanol–water partition coefficient (Wildman–Crippen LogP) is 8.68. The maximum absolute atomic E-state index is 3.86. The van der Waals surface area contributed by atoms with Gasteiger partial charge in [0.15, 0.2) is 0 Å². The van der Waals surface area contributed by atoms with Gasteiger partial charge in [-0.05, 0) is 104 Å². The molecule has 2 aliphatic rings. The molecular formula is C31H42. The Hall–Kier alpha value is -1.82. The second-order valence-corrected chi connectivity index (χ2v) is 10.6. The van der Waals surface area contributed by atoms with Crippen molar-refractivity contribution in [3.8, 4) is 0 Å². The molecule has 0 nitrogen and oxygen atoms in total. The first kappa shape index (κ1) is 22.4. The van der Waals surface area contributed by atoms with Crippen LogP contribution in [0.1, 0.15) is 87.0 Å². The summed E-state index contributed by atoms with van der Waals surface area (Å²) < 4.78 is 0. The van der Waals surface area contributed by atoms with Crippen LogP contribution < -0.4 is 0 Å². The minimum Gasteiger partial charge on any atom is -0.0985 e. The highest BCUT2D eigenvalue weighted by molar-refractivity contribution is 5.47. The van der Waals surface area contributed by atoms with Crippen molar-refractivity contribution >= 4 is 6.08 Å². The van der Waals surface area contributed by atoms with Gasteiger partial charge in [0.2, 0.25) is 0 Å². The summed E-state index contributed by atoms with van der Waals surface area (Å²) in [6, 6.07) is 18.7. The topological polar surface area (TPSA) is 0 Å². The lowest BCUT2D eigenvalue weighted by molar-refractivity contribution is 0.268. The van der Waals surface area contributed by atoms with Gasteiger partial charge in [-0.25, -0.2) is 0 Å². The number of rotatable bonds is 8. The summed E-state index contributed by atoms with van der Waals surface area (Å²) in [4.78, 5) is 0. The van der Waals surface area contributed by atoms with Crippen LogP contribution >= 0.6 is 0 Å². The maximum Gasteiger partial charge on any atom is -0.0250 e. The Balaban J connectivity index is 1.19. The Bertz CT molecular complexity index is 781. The van der Waals surface area contributed by atoms with Gasteiger partial charge >= 0.3 is 0 Å². The largest absolute Gasteiger partial charge is 0.0985 e. The van der Waals surface area contributed by atoms with Gasteiger partial charge < -0.3 is 0 Å². The third-order valence-corrected chi connectivity index (χ3v) is 8.32.